The lowest BCUT2D eigenvalue weighted by molar-refractivity contribution is 0.0696. The minimum absolute atomic E-state index is 0.0198. The summed E-state index contributed by atoms with van der Waals surface area (Å²) in [4.78, 5) is 19.7. The summed E-state index contributed by atoms with van der Waals surface area (Å²) in [5.74, 6) is -1.19. The Morgan fingerprint density at radius 2 is 1.87 bits per heavy atom. The molecular weight excluding hydrogens is 400 g/mol. The lowest BCUT2D eigenvalue weighted by Gasteiger charge is -2.11. The molecule has 0 aliphatic carbocycles. The number of nitrogens with zero attached hydrogens (tertiary/aromatic N) is 4. The molecule has 4 aromatic rings. The van der Waals surface area contributed by atoms with Crippen LogP contribution < -0.4 is 9.47 Å². The first-order chi connectivity index (χ1) is 15.0. The Morgan fingerprint density at radius 1 is 1.06 bits per heavy atom. The van der Waals surface area contributed by atoms with E-state index in [1.165, 1.54) is 30.3 Å². The molecule has 0 saturated heterocycles. The number of carboxylic acids is 1. The quantitative estimate of drug-likeness (QED) is 0.482. The maximum Gasteiger partial charge on any atom is 0.336 e. The van der Waals surface area contributed by atoms with Gasteiger partial charge in [-0.15, -0.1) is 0 Å². The molecule has 0 spiro atoms. The van der Waals surface area contributed by atoms with Gasteiger partial charge in [-0.1, -0.05) is 6.07 Å². The van der Waals surface area contributed by atoms with Crippen molar-refractivity contribution in [3.8, 4) is 40.8 Å². The van der Waals surface area contributed by atoms with Gasteiger partial charge < -0.3 is 24.3 Å². The maximum absolute atomic E-state index is 11.5. The van der Waals surface area contributed by atoms with Crippen molar-refractivity contribution >= 4 is 5.97 Å². The summed E-state index contributed by atoms with van der Waals surface area (Å²) in [7, 11) is 0. The molecule has 9 heteroatoms. The predicted octanol–water partition coefficient (Wildman–Crippen LogP) is 4.13. The normalized spacial score (nSPS) is 10.3. The fourth-order valence-corrected chi connectivity index (χ4v) is 2.73. The Morgan fingerprint density at radius 3 is 2.58 bits per heavy atom. The van der Waals surface area contributed by atoms with E-state index in [0.29, 0.717) is 5.75 Å². The van der Waals surface area contributed by atoms with Crippen molar-refractivity contribution in [2.75, 3.05) is 0 Å². The SMILES string of the molecule is N#Cc1ccc(O)c(Oc2cc(C(=O)O)cc(Oc3cccc(-n4ccnc4)c3)n2)c1. The highest BCUT2D eigenvalue weighted by Gasteiger charge is 2.14. The fraction of sp³-hybridized carbons (Fsp3) is 0. The van der Waals surface area contributed by atoms with Crippen LogP contribution in [0.15, 0.2) is 73.3 Å². The van der Waals surface area contributed by atoms with E-state index in [9.17, 15) is 15.0 Å². The molecule has 2 aromatic carbocycles. The highest BCUT2D eigenvalue weighted by Crippen LogP contribution is 2.33. The summed E-state index contributed by atoms with van der Waals surface area (Å²) in [5.41, 5.74) is 0.927. The number of nitriles is 1. The third-order valence-electron chi connectivity index (χ3n) is 4.17. The second-order valence-corrected chi connectivity index (χ2v) is 6.30. The summed E-state index contributed by atoms with van der Waals surface area (Å²) in [6, 6.07) is 15.5. The van der Waals surface area contributed by atoms with Gasteiger partial charge in [-0.3, -0.25) is 0 Å². The Kier molecular flexibility index (Phi) is 5.19. The van der Waals surface area contributed by atoms with Gasteiger partial charge in [0.1, 0.15) is 5.75 Å². The number of aromatic hydroxyl groups is 1. The highest BCUT2D eigenvalue weighted by atomic mass is 16.5. The number of phenols is 1. The van der Waals surface area contributed by atoms with Crippen LogP contribution in [0.5, 0.6) is 29.0 Å². The number of hydrogen-bond donors (Lipinski definition) is 2. The smallest absolute Gasteiger partial charge is 0.336 e. The molecule has 0 saturated carbocycles. The number of pyridine rings is 1. The molecule has 31 heavy (non-hydrogen) atoms. The van der Waals surface area contributed by atoms with E-state index in [4.69, 9.17) is 14.7 Å². The van der Waals surface area contributed by atoms with Gasteiger partial charge in [0.05, 0.1) is 29.2 Å². The number of aromatic carboxylic acids is 1. The first kappa shape index (κ1) is 19.5. The second kappa shape index (κ2) is 8.26. The van der Waals surface area contributed by atoms with E-state index in [0.717, 1.165) is 5.69 Å². The Bertz CT molecular complexity index is 1300. The van der Waals surface area contributed by atoms with Gasteiger partial charge in [0.25, 0.3) is 0 Å². The lowest BCUT2D eigenvalue weighted by Crippen LogP contribution is -2.01. The van der Waals surface area contributed by atoms with Crippen LogP contribution in [0.2, 0.25) is 0 Å². The molecule has 0 radical (unpaired) electrons. The molecule has 0 bridgehead atoms. The van der Waals surface area contributed by atoms with Crippen LogP contribution in [-0.2, 0) is 0 Å². The average Bonchev–Trinajstić information content (AvgIpc) is 3.30. The number of phenolic OH excluding ortho intramolecular Hbond substituents is 1. The average molecular weight is 414 g/mol. The molecule has 9 nitrogen and oxygen atoms in total. The third-order valence-corrected chi connectivity index (χ3v) is 4.17. The van der Waals surface area contributed by atoms with Gasteiger partial charge in [0.2, 0.25) is 11.8 Å². The fourth-order valence-electron chi connectivity index (χ4n) is 2.73. The van der Waals surface area contributed by atoms with E-state index in [1.54, 1.807) is 41.5 Å². The third kappa shape index (κ3) is 4.44. The second-order valence-electron chi connectivity index (χ2n) is 6.30. The minimum Gasteiger partial charge on any atom is -0.504 e. The summed E-state index contributed by atoms with van der Waals surface area (Å²) in [6.45, 7) is 0. The van der Waals surface area contributed by atoms with Crippen molar-refractivity contribution < 1.29 is 24.5 Å². The first-order valence-electron chi connectivity index (χ1n) is 8.94. The van der Waals surface area contributed by atoms with Crippen LogP contribution in [0.3, 0.4) is 0 Å². The largest absolute Gasteiger partial charge is 0.504 e. The Balaban J connectivity index is 1.66. The van der Waals surface area contributed by atoms with Gasteiger partial charge in [0.15, 0.2) is 11.5 Å². The molecule has 2 heterocycles. The van der Waals surface area contributed by atoms with E-state index < -0.39 is 5.97 Å². The van der Waals surface area contributed by atoms with E-state index in [2.05, 4.69) is 9.97 Å². The summed E-state index contributed by atoms with van der Waals surface area (Å²) >= 11 is 0. The van der Waals surface area contributed by atoms with Crippen LogP contribution in [0.4, 0.5) is 0 Å². The van der Waals surface area contributed by atoms with E-state index >= 15 is 0 Å². The molecule has 0 fully saturated rings. The Hall–Kier alpha value is -4.84. The summed E-state index contributed by atoms with van der Waals surface area (Å²) in [5, 5.41) is 28.4. The van der Waals surface area contributed by atoms with Crippen molar-refractivity contribution in [1.29, 1.82) is 5.26 Å². The van der Waals surface area contributed by atoms with Crippen LogP contribution in [0.1, 0.15) is 15.9 Å². The number of ether oxygens (including phenoxy) is 2. The number of rotatable bonds is 6. The van der Waals surface area contributed by atoms with Crippen molar-refractivity contribution in [1.82, 2.24) is 14.5 Å². The zero-order chi connectivity index (χ0) is 21.8. The first-order valence-corrected chi connectivity index (χ1v) is 8.94. The summed E-state index contributed by atoms with van der Waals surface area (Å²) in [6.07, 6.45) is 5.05. The van der Waals surface area contributed by atoms with Crippen molar-refractivity contribution in [3.05, 3.63) is 84.4 Å². The molecule has 2 N–H and O–H groups in total. The molecule has 152 valence electrons. The van der Waals surface area contributed by atoms with Crippen LogP contribution >= 0.6 is 0 Å². The molecular formula is C22H14N4O5. The topological polar surface area (TPSA) is 130 Å². The summed E-state index contributed by atoms with van der Waals surface area (Å²) < 4.78 is 13.1. The zero-order valence-corrected chi connectivity index (χ0v) is 15.8. The van der Waals surface area contributed by atoms with Crippen LogP contribution in [-0.4, -0.2) is 30.7 Å². The van der Waals surface area contributed by atoms with Gasteiger partial charge in [-0.2, -0.15) is 10.2 Å². The Labute approximate surface area is 176 Å². The molecule has 0 aliphatic heterocycles. The van der Waals surface area contributed by atoms with Crippen LogP contribution in [0.25, 0.3) is 5.69 Å². The zero-order valence-electron chi connectivity index (χ0n) is 15.8. The van der Waals surface area contributed by atoms with Gasteiger partial charge in [-0.25, -0.2) is 9.78 Å². The standard InChI is InChI=1S/C22H14N4O5/c23-12-14-4-5-18(27)19(8-14)31-21-10-15(22(28)29)9-20(25-21)30-17-3-1-2-16(11-17)26-7-6-24-13-26/h1-11,13,27H,(H,28,29). The molecule has 2 aromatic heterocycles. The monoisotopic (exact) mass is 414 g/mol. The number of benzene rings is 2. The van der Waals surface area contributed by atoms with Gasteiger partial charge >= 0.3 is 5.97 Å². The molecule has 0 amide bonds. The molecule has 0 unspecified atom stereocenters. The number of aromatic nitrogens is 3. The van der Waals surface area contributed by atoms with Crippen molar-refractivity contribution in [3.63, 3.8) is 0 Å². The number of carboxylic acid groups (broad SMARTS) is 1. The minimum atomic E-state index is -1.21. The van der Waals surface area contributed by atoms with E-state index in [1.807, 2.05) is 12.1 Å². The van der Waals surface area contributed by atoms with Crippen molar-refractivity contribution in [2.24, 2.45) is 0 Å². The van der Waals surface area contributed by atoms with Gasteiger partial charge in [-0.05, 0) is 24.3 Å². The number of hydrogen-bond acceptors (Lipinski definition) is 7. The lowest BCUT2D eigenvalue weighted by atomic mass is 10.2. The maximum atomic E-state index is 11.5. The predicted molar refractivity (Wildman–Crippen MR) is 108 cm³/mol. The molecule has 4 rings (SSSR count). The van der Waals surface area contributed by atoms with Gasteiger partial charge in [0, 0.05) is 36.7 Å². The van der Waals surface area contributed by atoms with Crippen molar-refractivity contribution in [2.45, 2.75) is 0 Å². The molecule has 0 aliphatic rings. The number of imidazole rings is 1. The number of carbonyl (C=O) groups is 1. The van der Waals surface area contributed by atoms with Crippen LogP contribution in [0, 0.1) is 11.3 Å². The highest BCUT2D eigenvalue weighted by molar-refractivity contribution is 5.88. The molecule has 0 atom stereocenters. The van der Waals surface area contributed by atoms with E-state index in [-0.39, 0.29) is 34.4 Å².